The molecule has 0 radical (unpaired) electrons. The molecule has 0 aliphatic heterocycles. The topological polar surface area (TPSA) is 150 Å². The molecule has 4 aromatic rings. The largest absolute Gasteiger partial charge is 0.322 e. The molecule has 2 aromatic heterocycles. The van der Waals surface area contributed by atoms with Crippen molar-refractivity contribution in [2.24, 2.45) is 11.5 Å². The molecule has 38 heavy (non-hydrogen) atoms. The first-order valence-corrected chi connectivity index (χ1v) is 13.0. The van der Waals surface area contributed by atoms with Gasteiger partial charge < -0.3 is 16.8 Å². The van der Waals surface area contributed by atoms with Gasteiger partial charge in [-0.25, -0.2) is 0 Å². The molecule has 0 bridgehead atoms. The summed E-state index contributed by atoms with van der Waals surface area (Å²) in [5.41, 5.74) is 17.1. The highest BCUT2D eigenvalue weighted by Gasteiger charge is 2.19. The van der Waals surface area contributed by atoms with Crippen molar-refractivity contribution in [3.63, 3.8) is 0 Å². The third-order valence-electron chi connectivity index (χ3n) is 5.76. The van der Waals surface area contributed by atoms with Crippen molar-refractivity contribution in [3.05, 3.63) is 73.1 Å². The Labute approximate surface area is 243 Å². The summed E-state index contributed by atoms with van der Waals surface area (Å²) >= 11 is 2.41. The van der Waals surface area contributed by atoms with Gasteiger partial charge in [-0.05, 0) is 61.6 Å². The van der Waals surface area contributed by atoms with Crippen LogP contribution in [0.4, 0.5) is 5.69 Å². The fourth-order valence-corrected chi connectivity index (χ4v) is 5.12. The summed E-state index contributed by atoms with van der Waals surface area (Å²) in [6.45, 7) is 7.55. The Balaban J connectivity index is 0.00000253. The molecule has 5 N–H and O–H groups in total. The van der Waals surface area contributed by atoms with Crippen LogP contribution in [0.3, 0.4) is 0 Å². The van der Waals surface area contributed by atoms with Gasteiger partial charge >= 0.3 is 0 Å². The number of hydrogen-bond donors (Lipinski definition) is 3. The normalized spacial score (nSPS) is 12.2. The molecule has 4 rings (SSSR count). The summed E-state index contributed by atoms with van der Waals surface area (Å²) in [6, 6.07) is 11.1. The van der Waals surface area contributed by atoms with Crippen LogP contribution >= 0.6 is 49.7 Å². The Bertz CT molecular complexity index is 1330. The molecule has 0 aliphatic rings. The number of amides is 1. The van der Waals surface area contributed by atoms with Gasteiger partial charge in [0.15, 0.2) is 10.8 Å². The number of carbonyl (C=O) groups is 2. The first-order valence-electron chi connectivity index (χ1n) is 11.4. The first kappa shape index (κ1) is 31.5. The maximum absolute atomic E-state index is 12.9. The molecule has 2 heterocycles. The van der Waals surface area contributed by atoms with Crippen molar-refractivity contribution in [3.8, 4) is 11.1 Å². The molecule has 2 aromatic carbocycles. The molecule has 0 saturated heterocycles. The van der Waals surface area contributed by atoms with Crippen molar-refractivity contribution in [1.82, 2.24) is 20.4 Å². The maximum Gasteiger partial charge on any atom is 0.286 e. The van der Waals surface area contributed by atoms with E-state index in [1.807, 2.05) is 57.2 Å². The van der Waals surface area contributed by atoms with E-state index in [1.54, 1.807) is 6.92 Å². The van der Waals surface area contributed by atoms with Gasteiger partial charge in [-0.2, -0.15) is 27.0 Å². The van der Waals surface area contributed by atoms with Gasteiger partial charge in [-0.1, -0.05) is 53.0 Å². The molecule has 13 heteroatoms. The highest BCUT2D eigenvalue weighted by Crippen LogP contribution is 2.33. The highest BCUT2D eigenvalue weighted by molar-refractivity contribution is 7.59. The standard InChI is InChI=1S/C25H27N7O2S2.2H2S/c1-12-16(11-20(33)24-31-29-22(35-24)14(3)26)7-5-8-17(12)18-9-6-10-19(13(18)2)28-21(34)25-32-30-23(36-25)15(4)27;;/h5-10,14-15H,11,26-27H2,1-4H3,(H,28,34);2*1H2/t14-,15-;;/m0../s1. The molecule has 0 saturated carbocycles. The summed E-state index contributed by atoms with van der Waals surface area (Å²) in [7, 11) is 0. The fourth-order valence-electron chi connectivity index (χ4n) is 3.70. The number of nitrogens with two attached hydrogens (primary N) is 2. The van der Waals surface area contributed by atoms with E-state index in [2.05, 4.69) is 25.7 Å². The lowest BCUT2D eigenvalue weighted by Crippen LogP contribution is -2.13. The van der Waals surface area contributed by atoms with E-state index in [0.717, 1.165) is 27.8 Å². The molecule has 1 amide bonds. The lowest BCUT2D eigenvalue weighted by molar-refractivity contribution is 0.0989. The van der Waals surface area contributed by atoms with Crippen molar-refractivity contribution in [2.75, 3.05) is 5.32 Å². The number of rotatable bonds is 8. The second-order valence-electron chi connectivity index (χ2n) is 8.59. The van der Waals surface area contributed by atoms with Crippen LogP contribution < -0.4 is 16.8 Å². The predicted octanol–water partition coefficient (Wildman–Crippen LogP) is 4.62. The number of carbonyl (C=O) groups excluding carboxylic acids is 2. The van der Waals surface area contributed by atoms with Crippen LogP contribution in [0, 0.1) is 13.8 Å². The van der Waals surface area contributed by atoms with Gasteiger partial charge in [0.1, 0.15) is 10.0 Å². The Morgan fingerprint density at radius 3 is 1.92 bits per heavy atom. The van der Waals surface area contributed by atoms with Crippen LogP contribution in [0.1, 0.15) is 72.2 Å². The molecular weight excluding hydrogens is 559 g/mol. The minimum atomic E-state index is -0.334. The Morgan fingerprint density at radius 1 is 0.816 bits per heavy atom. The highest BCUT2D eigenvalue weighted by atomic mass is 32.1. The van der Waals surface area contributed by atoms with Gasteiger partial charge in [0.05, 0.1) is 12.1 Å². The molecule has 202 valence electrons. The molecule has 0 unspecified atom stereocenters. The van der Waals surface area contributed by atoms with E-state index in [1.165, 1.54) is 22.7 Å². The van der Waals surface area contributed by atoms with E-state index in [0.29, 0.717) is 20.7 Å². The SMILES string of the molecule is Cc1c(CC(=O)c2nnc([C@H](C)N)s2)cccc1-c1cccc(NC(=O)c2nnc([C@H](C)N)s2)c1C.S.S. The minimum absolute atomic E-state index is 0. The average Bonchev–Trinajstić information content (AvgIpc) is 3.53. The van der Waals surface area contributed by atoms with Gasteiger partial charge in [-0.15, -0.1) is 20.4 Å². The zero-order valence-electron chi connectivity index (χ0n) is 21.4. The monoisotopic (exact) mass is 589 g/mol. The minimum Gasteiger partial charge on any atom is -0.322 e. The third-order valence-corrected chi connectivity index (χ3v) is 8.05. The summed E-state index contributed by atoms with van der Waals surface area (Å²) in [5.74, 6) is -0.431. The maximum atomic E-state index is 12.9. The van der Waals surface area contributed by atoms with Crippen LogP contribution in [-0.4, -0.2) is 32.1 Å². The molecule has 2 atom stereocenters. The summed E-state index contributed by atoms with van der Waals surface area (Å²) < 4.78 is 0. The number of anilines is 1. The van der Waals surface area contributed by atoms with Crippen molar-refractivity contribution in [1.29, 1.82) is 0 Å². The van der Waals surface area contributed by atoms with E-state index in [4.69, 9.17) is 11.5 Å². The van der Waals surface area contributed by atoms with Crippen LogP contribution in [0.5, 0.6) is 0 Å². The van der Waals surface area contributed by atoms with Crippen molar-refractivity contribution < 1.29 is 9.59 Å². The molecule has 0 spiro atoms. The number of Topliss-reactive ketones (excluding diaryl/α,β-unsaturated/α-hetero) is 1. The quantitative estimate of drug-likeness (QED) is 0.252. The number of nitrogens with zero attached hydrogens (tertiary/aromatic N) is 4. The molecule has 0 fully saturated rings. The lowest BCUT2D eigenvalue weighted by atomic mass is 9.91. The van der Waals surface area contributed by atoms with Gasteiger partial charge in [-0.3, -0.25) is 9.59 Å². The van der Waals surface area contributed by atoms with Gasteiger partial charge in [0.25, 0.3) is 5.91 Å². The fraction of sp³-hybridized carbons (Fsp3) is 0.280. The Morgan fingerprint density at radius 2 is 1.34 bits per heavy atom. The van der Waals surface area contributed by atoms with Crippen molar-refractivity contribution >= 4 is 67.0 Å². The smallest absolute Gasteiger partial charge is 0.286 e. The van der Waals surface area contributed by atoms with Crippen LogP contribution in [0.15, 0.2) is 36.4 Å². The van der Waals surface area contributed by atoms with E-state index >= 15 is 0 Å². The lowest BCUT2D eigenvalue weighted by Gasteiger charge is -2.16. The summed E-state index contributed by atoms with van der Waals surface area (Å²) in [5, 5.41) is 20.8. The Kier molecular flexibility index (Phi) is 11.1. The zero-order chi connectivity index (χ0) is 26.0. The number of aromatic nitrogens is 4. The Hall–Kier alpha value is -2.68. The first-order chi connectivity index (χ1) is 17.2. The second-order valence-corrected chi connectivity index (χ2v) is 10.6. The van der Waals surface area contributed by atoms with Crippen LogP contribution in [0.25, 0.3) is 11.1 Å². The molecule has 0 aliphatic carbocycles. The average molecular weight is 590 g/mol. The number of benzene rings is 2. The van der Waals surface area contributed by atoms with Gasteiger partial charge in [0.2, 0.25) is 5.01 Å². The summed E-state index contributed by atoms with van der Waals surface area (Å²) in [6.07, 6.45) is 0.210. The number of ketones is 1. The molecule has 9 nitrogen and oxygen atoms in total. The second kappa shape index (κ2) is 13.4. The van der Waals surface area contributed by atoms with Crippen LogP contribution in [-0.2, 0) is 6.42 Å². The zero-order valence-corrected chi connectivity index (χ0v) is 25.0. The van der Waals surface area contributed by atoms with E-state index in [-0.39, 0.29) is 62.2 Å². The van der Waals surface area contributed by atoms with Crippen molar-refractivity contribution in [2.45, 2.75) is 46.2 Å². The summed E-state index contributed by atoms with van der Waals surface area (Å²) in [4.78, 5) is 25.6. The number of hydrogen-bond acceptors (Lipinski definition) is 10. The third kappa shape index (κ3) is 6.84. The predicted molar refractivity (Wildman–Crippen MR) is 163 cm³/mol. The van der Waals surface area contributed by atoms with E-state index in [9.17, 15) is 9.59 Å². The van der Waals surface area contributed by atoms with Crippen LogP contribution in [0.2, 0.25) is 0 Å². The molecular formula is C25H31N7O2S4. The number of nitrogens with one attached hydrogen (secondary N) is 1. The van der Waals surface area contributed by atoms with E-state index < -0.39 is 0 Å². The van der Waals surface area contributed by atoms with Gasteiger partial charge in [0, 0.05) is 12.1 Å².